The third kappa shape index (κ3) is 2.79. The van der Waals surface area contributed by atoms with Crippen LogP contribution in [0, 0.1) is 15.9 Å². The zero-order chi connectivity index (χ0) is 14.0. The number of rotatable bonds is 4. The molecule has 0 spiro atoms. The molecule has 0 saturated heterocycles. The van der Waals surface area contributed by atoms with Gasteiger partial charge in [-0.25, -0.2) is 9.07 Å². The zero-order valence-electron chi connectivity index (χ0n) is 10.3. The highest BCUT2D eigenvalue weighted by atomic mass is 19.1. The van der Waals surface area contributed by atoms with Gasteiger partial charge >= 0.3 is 0 Å². The van der Waals surface area contributed by atoms with E-state index >= 15 is 0 Å². The monoisotopic (exact) mass is 266 g/mol. The van der Waals surface area contributed by atoms with Crippen LogP contribution >= 0.6 is 0 Å². The van der Waals surface area contributed by atoms with Gasteiger partial charge in [-0.3, -0.25) is 10.1 Å². The Morgan fingerprint density at radius 2 is 2.16 bits per heavy atom. The summed E-state index contributed by atoms with van der Waals surface area (Å²) in [5, 5.41) is 17.5. The summed E-state index contributed by atoms with van der Waals surface area (Å²) in [6.45, 7) is 0. The van der Waals surface area contributed by atoms with Crippen molar-refractivity contribution >= 4 is 17.2 Å². The second kappa shape index (κ2) is 4.92. The molecule has 19 heavy (non-hydrogen) atoms. The van der Waals surface area contributed by atoms with E-state index in [-0.39, 0.29) is 11.4 Å². The number of nitrogens with zero attached hydrogens (tertiary/aromatic N) is 3. The van der Waals surface area contributed by atoms with Crippen LogP contribution in [0.2, 0.25) is 0 Å². The molecule has 1 aromatic carbocycles. The van der Waals surface area contributed by atoms with Crippen molar-refractivity contribution < 1.29 is 14.1 Å². The molecule has 7 nitrogen and oxygen atoms in total. The predicted molar refractivity (Wildman–Crippen MR) is 66.1 cm³/mol. The first-order chi connectivity index (χ1) is 8.99. The van der Waals surface area contributed by atoms with E-state index in [1.165, 1.54) is 17.9 Å². The van der Waals surface area contributed by atoms with Crippen LogP contribution in [-0.4, -0.2) is 21.8 Å². The van der Waals surface area contributed by atoms with Gasteiger partial charge in [0.2, 0.25) is 5.88 Å². The number of non-ortho nitro benzene ring substituents is 1. The standard InChI is InChI=1S/C11H11FN4O3/c1-15-11(19-2)6-10(14-15)13-8-3-7(12)4-9(5-8)16(17)18/h3-6H,1-2H3,(H,13,14). The fraction of sp³-hybridized carbons (Fsp3) is 0.182. The number of nitro groups is 1. The van der Waals surface area contributed by atoms with Gasteiger partial charge in [-0.05, 0) is 6.07 Å². The van der Waals surface area contributed by atoms with Crippen LogP contribution < -0.4 is 10.1 Å². The van der Waals surface area contributed by atoms with Crippen molar-refractivity contribution in [2.75, 3.05) is 12.4 Å². The normalized spacial score (nSPS) is 10.3. The van der Waals surface area contributed by atoms with E-state index in [0.29, 0.717) is 11.7 Å². The van der Waals surface area contributed by atoms with Crippen LogP contribution in [0.25, 0.3) is 0 Å². The van der Waals surface area contributed by atoms with Gasteiger partial charge in [0.05, 0.1) is 18.1 Å². The number of anilines is 2. The Morgan fingerprint density at radius 1 is 1.42 bits per heavy atom. The molecule has 0 atom stereocenters. The van der Waals surface area contributed by atoms with E-state index in [1.54, 1.807) is 13.1 Å². The first-order valence-electron chi connectivity index (χ1n) is 5.29. The number of ether oxygens (including phenoxy) is 1. The van der Waals surface area contributed by atoms with Crippen molar-refractivity contribution in [3.8, 4) is 5.88 Å². The summed E-state index contributed by atoms with van der Waals surface area (Å²) in [7, 11) is 3.17. The summed E-state index contributed by atoms with van der Waals surface area (Å²) >= 11 is 0. The molecule has 100 valence electrons. The maximum Gasteiger partial charge on any atom is 0.274 e. The molecule has 0 unspecified atom stereocenters. The summed E-state index contributed by atoms with van der Waals surface area (Å²) in [5.41, 5.74) is -0.0853. The highest BCUT2D eigenvalue weighted by Gasteiger charge is 2.11. The fourth-order valence-electron chi connectivity index (χ4n) is 1.60. The lowest BCUT2D eigenvalue weighted by Gasteiger charge is -2.02. The average molecular weight is 266 g/mol. The molecule has 1 aromatic heterocycles. The maximum absolute atomic E-state index is 13.2. The molecule has 0 saturated carbocycles. The second-order valence-electron chi connectivity index (χ2n) is 3.78. The van der Waals surface area contributed by atoms with Gasteiger partial charge in [-0.2, -0.15) is 5.10 Å². The summed E-state index contributed by atoms with van der Waals surface area (Å²) in [6.07, 6.45) is 0. The molecule has 1 heterocycles. The number of methoxy groups -OCH3 is 1. The van der Waals surface area contributed by atoms with E-state index in [9.17, 15) is 14.5 Å². The van der Waals surface area contributed by atoms with E-state index in [1.807, 2.05) is 0 Å². The second-order valence-corrected chi connectivity index (χ2v) is 3.78. The minimum atomic E-state index is -0.695. The van der Waals surface area contributed by atoms with Crippen LogP contribution in [0.5, 0.6) is 5.88 Å². The van der Waals surface area contributed by atoms with Gasteiger partial charge < -0.3 is 10.1 Å². The van der Waals surface area contributed by atoms with Crippen molar-refractivity contribution in [1.29, 1.82) is 0 Å². The number of nitro benzene ring substituents is 1. The van der Waals surface area contributed by atoms with Gasteiger partial charge in [0, 0.05) is 24.9 Å². The molecule has 2 aromatic rings. The number of nitrogens with one attached hydrogen (secondary N) is 1. The molecule has 8 heteroatoms. The largest absolute Gasteiger partial charge is 0.481 e. The topological polar surface area (TPSA) is 82.2 Å². The van der Waals surface area contributed by atoms with E-state index in [4.69, 9.17) is 4.74 Å². The Labute approximate surface area is 107 Å². The molecule has 0 radical (unpaired) electrons. The molecule has 0 fully saturated rings. The lowest BCUT2D eigenvalue weighted by molar-refractivity contribution is -0.385. The number of benzene rings is 1. The van der Waals surface area contributed by atoms with Gasteiger partial charge in [0.15, 0.2) is 5.82 Å². The number of hydrogen-bond acceptors (Lipinski definition) is 5. The molecule has 0 aliphatic rings. The zero-order valence-corrected chi connectivity index (χ0v) is 10.3. The first kappa shape index (κ1) is 12.8. The molecule has 0 aliphatic heterocycles. The SMILES string of the molecule is COc1cc(Nc2cc(F)cc([N+](=O)[O-])c2)nn1C. The number of hydrogen-bond donors (Lipinski definition) is 1. The molecular weight excluding hydrogens is 255 g/mol. The molecule has 2 rings (SSSR count). The quantitative estimate of drug-likeness (QED) is 0.677. The lowest BCUT2D eigenvalue weighted by Crippen LogP contribution is -1.97. The fourth-order valence-corrected chi connectivity index (χ4v) is 1.60. The highest BCUT2D eigenvalue weighted by molar-refractivity contribution is 5.60. The highest BCUT2D eigenvalue weighted by Crippen LogP contribution is 2.24. The Bertz CT molecular complexity index is 626. The third-order valence-electron chi connectivity index (χ3n) is 2.41. The van der Waals surface area contributed by atoms with E-state index in [0.717, 1.165) is 12.1 Å². The first-order valence-corrected chi connectivity index (χ1v) is 5.29. The Balaban J connectivity index is 2.29. The van der Waals surface area contributed by atoms with Crippen LogP contribution in [0.1, 0.15) is 0 Å². The minimum absolute atomic E-state index is 0.243. The van der Waals surface area contributed by atoms with Crippen molar-refractivity contribution in [1.82, 2.24) is 9.78 Å². The van der Waals surface area contributed by atoms with Gasteiger partial charge in [0.25, 0.3) is 5.69 Å². The Morgan fingerprint density at radius 3 is 2.74 bits per heavy atom. The van der Waals surface area contributed by atoms with Crippen molar-refractivity contribution in [2.45, 2.75) is 0 Å². The van der Waals surface area contributed by atoms with E-state index in [2.05, 4.69) is 10.4 Å². The van der Waals surface area contributed by atoms with Crippen molar-refractivity contribution in [3.05, 3.63) is 40.2 Å². The predicted octanol–water partition coefficient (Wildman–Crippen LogP) is 2.22. The van der Waals surface area contributed by atoms with Gasteiger partial charge in [-0.15, -0.1) is 0 Å². The van der Waals surface area contributed by atoms with Crippen LogP contribution in [-0.2, 0) is 7.05 Å². The summed E-state index contributed by atoms with van der Waals surface area (Å²) < 4.78 is 19.8. The lowest BCUT2D eigenvalue weighted by atomic mass is 10.2. The van der Waals surface area contributed by atoms with Crippen LogP contribution in [0.3, 0.4) is 0 Å². The summed E-state index contributed by atoms with van der Waals surface area (Å²) in [5.74, 6) is 0.215. The molecule has 0 amide bonds. The van der Waals surface area contributed by atoms with E-state index < -0.39 is 10.7 Å². The van der Waals surface area contributed by atoms with Crippen LogP contribution in [0.15, 0.2) is 24.3 Å². The molecule has 1 N–H and O–H groups in total. The third-order valence-corrected chi connectivity index (χ3v) is 2.41. The molecular formula is C11H11FN4O3. The summed E-state index contributed by atoms with van der Waals surface area (Å²) in [4.78, 5) is 9.97. The van der Waals surface area contributed by atoms with Crippen molar-refractivity contribution in [2.24, 2.45) is 7.05 Å². The Kier molecular flexibility index (Phi) is 3.32. The van der Waals surface area contributed by atoms with Crippen molar-refractivity contribution in [3.63, 3.8) is 0 Å². The maximum atomic E-state index is 13.2. The molecule has 0 aliphatic carbocycles. The Hall–Kier alpha value is -2.64. The van der Waals surface area contributed by atoms with Crippen LogP contribution in [0.4, 0.5) is 21.6 Å². The van der Waals surface area contributed by atoms with Gasteiger partial charge in [0.1, 0.15) is 5.82 Å². The summed E-state index contributed by atoms with van der Waals surface area (Å²) in [6, 6.07) is 4.82. The number of aryl methyl sites for hydroxylation is 1. The molecule has 0 bridgehead atoms. The van der Waals surface area contributed by atoms with Gasteiger partial charge in [-0.1, -0.05) is 0 Å². The smallest absolute Gasteiger partial charge is 0.274 e. The number of aromatic nitrogens is 2. The minimum Gasteiger partial charge on any atom is -0.481 e. The number of halogens is 1. The average Bonchev–Trinajstić information content (AvgIpc) is 2.68.